The van der Waals surface area contributed by atoms with Crippen molar-refractivity contribution in [3.8, 4) is 0 Å². The van der Waals surface area contributed by atoms with Crippen LogP contribution in [0.3, 0.4) is 0 Å². The Morgan fingerprint density at radius 1 is 1.20 bits per heavy atom. The molecule has 2 N–H and O–H groups in total. The van der Waals surface area contributed by atoms with E-state index in [1.165, 1.54) is 30.4 Å². The summed E-state index contributed by atoms with van der Waals surface area (Å²) >= 11 is 1.98. The fourth-order valence-corrected chi connectivity index (χ4v) is 3.73. The van der Waals surface area contributed by atoms with Gasteiger partial charge in [-0.1, -0.05) is 24.3 Å². The molecule has 0 bridgehead atoms. The molecule has 0 radical (unpaired) electrons. The van der Waals surface area contributed by atoms with E-state index >= 15 is 0 Å². The molecule has 0 heterocycles. The molecule has 25 heavy (non-hydrogen) atoms. The number of thioether (sulfide) groups is 1. The van der Waals surface area contributed by atoms with Crippen molar-refractivity contribution in [2.24, 2.45) is 4.99 Å². The summed E-state index contributed by atoms with van der Waals surface area (Å²) in [6, 6.07) is 9.08. The summed E-state index contributed by atoms with van der Waals surface area (Å²) in [5.41, 5.74) is 2.43. The van der Waals surface area contributed by atoms with E-state index in [0.717, 1.165) is 24.4 Å². The zero-order chi connectivity index (χ0) is 17.2. The summed E-state index contributed by atoms with van der Waals surface area (Å²) in [7, 11) is 0. The van der Waals surface area contributed by atoms with Gasteiger partial charge in [-0.15, -0.1) is 24.0 Å². The second-order valence-corrected chi connectivity index (χ2v) is 7.30. The Kier molecular flexibility index (Phi) is 11.6. The summed E-state index contributed by atoms with van der Waals surface area (Å²) in [6.07, 6.45) is 5.99. The highest BCUT2D eigenvalue weighted by Gasteiger charge is 2.24. The highest BCUT2D eigenvalue weighted by molar-refractivity contribution is 14.0. The second kappa shape index (κ2) is 12.8. The molecule has 1 fully saturated rings. The van der Waals surface area contributed by atoms with Crippen molar-refractivity contribution >= 4 is 41.7 Å². The summed E-state index contributed by atoms with van der Waals surface area (Å²) in [6.45, 7) is 7.15. The van der Waals surface area contributed by atoms with Crippen LogP contribution in [0.5, 0.6) is 0 Å². The van der Waals surface area contributed by atoms with E-state index in [9.17, 15) is 0 Å². The predicted octanol–water partition coefficient (Wildman–Crippen LogP) is 4.18. The maximum atomic E-state index is 5.43. The number of hydrogen-bond acceptors (Lipinski definition) is 3. The van der Waals surface area contributed by atoms with E-state index in [-0.39, 0.29) is 24.0 Å². The third-order valence-electron chi connectivity index (χ3n) is 4.32. The van der Waals surface area contributed by atoms with E-state index in [1.807, 2.05) is 18.7 Å². The van der Waals surface area contributed by atoms with Crippen LogP contribution in [0.25, 0.3) is 0 Å². The fourth-order valence-electron chi connectivity index (χ4n) is 2.93. The number of aliphatic imine (C=N–C) groups is 1. The minimum absolute atomic E-state index is 0. The van der Waals surface area contributed by atoms with Crippen molar-refractivity contribution < 1.29 is 4.74 Å². The molecule has 0 aromatic heterocycles. The topological polar surface area (TPSA) is 45.7 Å². The lowest BCUT2D eigenvalue weighted by Gasteiger charge is -2.17. The molecule has 2 atom stereocenters. The molecule has 0 amide bonds. The Morgan fingerprint density at radius 2 is 1.92 bits per heavy atom. The number of nitrogens with one attached hydrogen (secondary N) is 2. The lowest BCUT2D eigenvalue weighted by atomic mass is 10.1. The van der Waals surface area contributed by atoms with Crippen LogP contribution in [0, 0.1) is 0 Å². The molecule has 6 heteroatoms. The van der Waals surface area contributed by atoms with Crippen molar-refractivity contribution in [2.45, 2.75) is 57.6 Å². The van der Waals surface area contributed by atoms with Crippen LogP contribution in [-0.4, -0.2) is 36.7 Å². The SMILES string of the molecule is CCNC(=NCc1ccc(COCC)cc1)NC1CCC(SC)C1.I. The van der Waals surface area contributed by atoms with Gasteiger partial charge in [-0.2, -0.15) is 11.8 Å². The average molecular weight is 477 g/mol. The van der Waals surface area contributed by atoms with E-state index in [2.05, 4.69) is 48.1 Å². The Hall–Kier alpha value is -0.470. The first kappa shape index (κ1) is 22.6. The molecular weight excluding hydrogens is 445 g/mol. The van der Waals surface area contributed by atoms with Crippen molar-refractivity contribution in [1.82, 2.24) is 10.6 Å². The zero-order valence-electron chi connectivity index (χ0n) is 15.6. The molecule has 4 nitrogen and oxygen atoms in total. The van der Waals surface area contributed by atoms with Gasteiger partial charge in [-0.05, 0) is 50.5 Å². The number of benzene rings is 1. The first-order valence-electron chi connectivity index (χ1n) is 8.98. The maximum Gasteiger partial charge on any atom is 0.191 e. The van der Waals surface area contributed by atoms with Crippen LogP contribution >= 0.6 is 35.7 Å². The lowest BCUT2D eigenvalue weighted by molar-refractivity contribution is 0.134. The third-order valence-corrected chi connectivity index (χ3v) is 5.41. The highest BCUT2D eigenvalue weighted by atomic mass is 127. The number of hydrogen-bond donors (Lipinski definition) is 2. The van der Waals surface area contributed by atoms with Crippen LogP contribution in [0.2, 0.25) is 0 Å². The first-order valence-corrected chi connectivity index (χ1v) is 10.3. The van der Waals surface area contributed by atoms with Crippen LogP contribution in [0.15, 0.2) is 29.3 Å². The van der Waals surface area contributed by atoms with Crippen LogP contribution in [0.4, 0.5) is 0 Å². The van der Waals surface area contributed by atoms with E-state index < -0.39 is 0 Å². The number of rotatable bonds is 8. The fraction of sp³-hybridized carbons (Fsp3) is 0.632. The molecule has 2 unspecified atom stereocenters. The van der Waals surface area contributed by atoms with Crippen molar-refractivity contribution in [3.05, 3.63) is 35.4 Å². The normalized spacial score (nSPS) is 20.2. The van der Waals surface area contributed by atoms with Crippen molar-refractivity contribution in [2.75, 3.05) is 19.4 Å². The summed E-state index contributed by atoms with van der Waals surface area (Å²) in [4.78, 5) is 4.75. The minimum Gasteiger partial charge on any atom is -0.377 e. The second-order valence-electron chi connectivity index (χ2n) is 6.16. The summed E-state index contributed by atoms with van der Waals surface area (Å²) in [5.74, 6) is 0.933. The maximum absolute atomic E-state index is 5.43. The predicted molar refractivity (Wildman–Crippen MR) is 120 cm³/mol. The molecule has 142 valence electrons. The van der Waals surface area contributed by atoms with Gasteiger partial charge in [0.15, 0.2) is 5.96 Å². The van der Waals surface area contributed by atoms with Crippen LogP contribution in [0.1, 0.15) is 44.2 Å². The number of halogens is 1. The Balaban J connectivity index is 0.00000312. The Bertz CT molecular complexity index is 510. The molecule has 0 aliphatic heterocycles. The Labute approximate surface area is 174 Å². The monoisotopic (exact) mass is 477 g/mol. The first-order chi connectivity index (χ1) is 11.7. The number of guanidine groups is 1. The van der Waals surface area contributed by atoms with E-state index in [4.69, 9.17) is 9.73 Å². The zero-order valence-corrected chi connectivity index (χ0v) is 18.7. The molecule has 0 saturated heterocycles. The standard InChI is InChI=1S/C19H31N3OS.HI/c1-4-20-19(22-17-10-11-18(12-17)24-3)21-13-15-6-8-16(9-7-15)14-23-5-2;/h6-9,17-18H,4-5,10-14H2,1-3H3,(H2,20,21,22);1H. The molecule has 2 rings (SSSR count). The molecule has 1 aliphatic rings. The van der Waals surface area contributed by atoms with Gasteiger partial charge in [0.05, 0.1) is 13.2 Å². The Morgan fingerprint density at radius 3 is 2.52 bits per heavy atom. The summed E-state index contributed by atoms with van der Waals surface area (Å²) < 4.78 is 5.43. The van der Waals surface area contributed by atoms with Gasteiger partial charge in [0.1, 0.15) is 0 Å². The van der Waals surface area contributed by atoms with Gasteiger partial charge >= 0.3 is 0 Å². The number of ether oxygens (including phenoxy) is 1. The molecular formula is C19H32IN3OS. The molecule has 0 spiro atoms. The largest absolute Gasteiger partial charge is 0.377 e. The quantitative estimate of drug-likeness (QED) is 0.335. The third kappa shape index (κ3) is 8.17. The highest BCUT2D eigenvalue weighted by Crippen LogP contribution is 2.28. The van der Waals surface area contributed by atoms with Gasteiger partial charge in [0.2, 0.25) is 0 Å². The van der Waals surface area contributed by atoms with Crippen molar-refractivity contribution in [1.29, 1.82) is 0 Å². The van der Waals surface area contributed by atoms with E-state index in [1.54, 1.807) is 0 Å². The molecule has 1 aromatic carbocycles. The minimum atomic E-state index is 0. The van der Waals surface area contributed by atoms with Crippen LogP contribution in [-0.2, 0) is 17.9 Å². The van der Waals surface area contributed by atoms with Gasteiger partial charge in [0.25, 0.3) is 0 Å². The molecule has 1 saturated carbocycles. The molecule has 1 aromatic rings. The van der Waals surface area contributed by atoms with Gasteiger partial charge in [-0.25, -0.2) is 4.99 Å². The summed E-state index contributed by atoms with van der Waals surface area (Å²) in [5, 5.41) is 7.75. The van der Waals surface area contributed by atoms with Crippen LogP contribution < -0.4 is 10.6 Å². The lowest BCUT2D eigenvalue weighted by Crippen LogP contribution is -2.42. The smallest absolute Gasteiger partial charge is 0.191 e. The van der Waals surface area contributed by atoms with Gasteiger partial charge in [0, 0.05) is 24.4 Å². The average Bonchev–Trinajstić information content (AvgIpc) is 3.06. The molecule has 1 aliphatic carbocycles. The van der Waals surface area contributed by atoms with Crippen molar-refractivity contribution in [3.63, 3.8) is 0 Å². The van der Waals surface area contributed by atoms with Gasteiger partial charge in [-0.3, -0.25) is 0 Å². The van der Waals surface area contributed by atoms with Gasteiger partial charge < -0.3 is 15.4 Å². The van der Waals surface area contributed by atoms with E-state index in [0.29, 0.717) is 19.2 Å². The number of nitrogens with zero attached hydrogens (tertiary/aromatic N) is 1.